The van der Waals surface area contributed by atoms with Crippen molar-refractivity contribution in [3.8, 4) is 11.3 Å². The third-order valence-corrected chi connectivity index (χ3v) is 5.03. The topological polar surface area (TPSA) is 27.1 Å². The fourth-order valence-corrected chi connectivity index (χ4v) is 3.53. The molecule has 0 amide bonds. The molecule has 0 aliphatic carbocycles. The third-order valence-electron chi connectivity index (χ3n) is 3.66. The molecule has 0 radical (unpaired) electrons. The lowest BCUT2D eigenvalue weighted by Gasteiger charge is -2.16. The molecule has 0 N–H and O–H groups in total. The Labute approximate surface area is 140 Å². The summed E-state index contributed by atoms with van der Waals surface area (Å²) in [5, 5.41) is 1.61. The molecule has 2 aromatic rings. The maximum atomic E-state index is 5.90. The fourth-order valence-electron chi connectivity index (χ4n) is 2.62. The molecule has 5 heteroatoms. The van der Waals surface area contributed by atoms with Crippen LogP contribution in [0.15, 0.2) is 53.3 Å². The molecule has 1 unspecified atom stereocenters. The van der Waals surface area contributed by atoms with Crippen LogP contribution in [0, 0.1) is 0 Å². The van der Waals surface area contributed by atoms with Gasteiger partial charge in [0.05, 0.1) is 24.5 Å². The molecule has 22 heavy (non-hydrogen) atoms. The average Bonchev–Trinajstić information content (AvgIpc) is 3.16. The fraction of sp³-hybridized carbons (Fsp3) is 0.353. The van der Waals surface area contributed by atoms with Crippen molar-refractivity contribution in [3.63, 3.8) is 0 Å². The standard InChI is InChI=1S/C17H19ClN2OS/c1-13(18)12-22-17-19-10-16(14-6-3-2-4-7-14)20(17)11-15-8-5-9-21-15/h2-4,6-7,10,15H,1,5,8-9,11-12H2. The molecule has 1 aromatic carbocycles. The van der Waals surface area contributed by atoms with E-state index >= 15 is 0 Å². The highest BCUT2D eigenvalue weighted by Gasteiger charge is 2.20. The van der Waals surface area contributed by atoms with E-state index in [4.69, 9.17) is 16.3 Å². The number of halogens is 1. The number of hydrogen-bond donors (Lipinski definition) is 0. The van der Waals surface area contributed by atoms with Crippen molar-refractivity contribution in [2.45, 2.75) is 30.6 Å². The lowest BCUT2D eigenvalue weighted by Crippen LogP contribution is -2.16. The molecule has 1 aliphatic rings. The maximum absolute atomic E-state index is 5.90. The van der Waals surface area contributed by atoms with Gasteiger partial charge in [-0.25, -0.2) is 4.98 Å². The molecule has 1 fully saturated rings. The zero-order valence-electron chi connectivity index (χ0n) is 12.4. The summed E-state index contributed by atoms with van der Waals surface area (Å²) in [5.74, 6) is 0.665. The van der Waals surface area contributed by atoms with Gasteiger partial charge in [0.15, 0.2) is 5.16 Å². The Balaban J connectivity index is 1.89. The van der Waals surface area contributed by atoms with Gasteiger partial charge in [-0.1, -0.05) is 60.3 Å². The lowest BCUT2D eigenvalue weighted by molar-refractivity contribution is 0.0954. The van der Waals surface area contributed by atoms with E-state index in [0.29, 0.717) is 10.8 Å². The molecule has 1 saturated heterocycles. The molecule has 1 aromatic heterocycles. The van der Waals surface area contributed by atoms with Crippen molar-refractivity contribution < 1.29 is 4.74 Å². The van der Waals surface area contributed by atoms with Crippen molar-refractivity contribution in [3.05, 3.63) is 48.1 Å². The molecule has 1 atom stereocenters. The molecule has 0 saturated carbocycles. The molecule has 1 aliphatic heterocycles. The minimum Gasteiger partial charge on any atom is -0.376 e. The van der Waals surface area contributed by atoms with Gasteiger partial charge in [0.2, 0.25) is 0 Å². The summed E-state index contributed by atoms with van der Waals surface area (Å²) in [6.45, 7) is 5.45. The number of nitrogens with zero attached hydrogens (tertiary/aromatic N) is 2. The average molecular weight is 335 g/mol. The van der Waals surface area contributed by atoms with Crippen molar-refractivity contribution in [2.75, 3.05) is 12.4 Å². The number of ether oxygens (including phenoxy) is 1. The second-order valence-electron chi connectivity index (χ2n) is 5.34. The Morgan fingerprint density at radius 2 is 2.23 bits per heavy atom. The van der Waals surface area contributed by atoms with Crippen LogP contribution in [0.2, 0.25) is 0 Å². The molecule has 3 rings (SSSR count). The van der Waals surface area contributed by atoms with Crippen LogP contribution in [0.25, 0.3) is 11.3 Å². The number of thioether (sulfide) groups is 1. The van der Waals surface area contributed by atoms with E-state index in [1.54, 1.807) is 11.8 Å². The molecular weight excluding hydrogens is 316 g/mol. The van der Waals surface area contributed by atoms with Crippen LogP contribution in [0.5, 0.6) is 0 Å². The monoisotopic (exact) mass is 334 g/mol. The number of imidazole rings is 1. The highest BCUT2D eigenvalue weighted by Crippen LogP contribution is 2.29. The van der Waals surface area contributed by atoms with Gasteiger partial charge in [0, 0.05) is 17.4 Å². The van der Waals surface area contributed by atoms with E-state index in [-0.39, 0.29) is 6.10 Å². The minimum atomic E-state index is 0.273. The van der Waals surface area contributed by atoms with E-state index in [2.05, 4.69) is 28.3 Å². The summed E-state index contributed by atoms with van der Waals surface area (Å²) in [6.07, 6.45) is 4.46. The van der Waals surface area contributed by atoms with E-state index in [1.165, 1.54) is 5.56 Å². The van der Waals surface area contributed by atoms with Crippen LogP contribution in [0.1, 0.15) is 12.8 Å². The van der Waals surface area contributed by atoms with Crippen molar-refractivity contribution >= 4 is 23.4 Å². The van der Waals surface area contributed by atoms with Crippen LogP contribution in [0.3, 0.4) is 0 Å². The van der Waals surface area contributed by atoms with Gasteiger partial charge in [0.25, 0.3) is 0 Å². The predicted octanol–water partition coefficient (Wildman–Crippen LogP) is 4.57. The SMILES string of the molecule is C=C(Cl)CSc1ncc(-c2ccccc2)n1CC1CCCO1. The number of rotatable bonds is 6. The highest BCUT2D eigenvalue weighted by atomic mass is 35.5. The summed E-state index contributed by atoms with van der Waals surface area (Å²) in [5.41, 5.74) is 2.29. The Morgan fingerprint density at radius 3 is 2.91 bits per heavy atom. The number of hydrogen-bond acceptors (Lipinski definition) is 3. The van der Waals surface area contributed by atoms with Crippen LogP contribution >= 0.6 is 23.4 Å². The highest BCUT2D eigenvalue weighted by molar-refractivity contribution is 7.99. The van der Waals surface area contributed by atoms with E-state index in [9.17, 15) is 0 Å². The normalized spacial score (nSPS) is 17.8. The zero-order chi connectivity index (χ0) is 15.4. The minimum absolute atomic E-state index is 0.273. The van der Waals surface area contributed by atoms with Crippen LogP contribution < -0.4 is 0 Å². The molecule has 0 spiro atoms. The third kappa shape index (κ3) is 3.75. The van der Waals surface area contributed by atoms with Crippen LogP contribution in [0.4, 0.5) is 0 Å². The summed E-state index contributed by atoms with van der Waals surface area (Å²) >= 11 is 7.52. The van der Waals surface area contributed by atoms with Crippen LogP contribution in [-0.2, 0) is 11.3 Å². The van der Waals surface area contributed by atoms with Crippen molar-refractivity contribution in [2.24, 2.45) is 0 Å². The first-order valence-corrected chi connectivity index (χ1v) is 8.79. The van der Waals surface area contributed by atoms with E-state index in [0.717, 1.165) is 36.8 Å². The Hall–Kier alpha value is -1.23. The lowest BCUT2D eigenvalue weighted by atomic mass is 10.1. The Kier molecular flexibility index (Phi) is 5.24. The predicted molar refractivity (Wildman–Crippen MR) is 92.4 cm³/mol. The van der Waals surface area contributed by atoms with Gasteiger partial charge in [-0.05, 0) is 18.4 Å². The van der Waals surface area contributed by atoms with Gasteiger partial charge >= 0.3 is 0 Å². The Morgan fingerprint density at radius 1 is 1.41 bits per heavy atom. The Bertz CT molecular complexity index is 635. The van der Waals surface area contributed by atoms with Gasteiger partial charge in [0.1, 0.15) is 0 Å². The van der Waals surface area contributed by atoms with Gasteiger partial charge in [-0.15, -0.1) is 0 Å². The van der Waals surface area contributed by atoms with E-state index in [1.807, 2.05) is 24.4 Å². The zero-order valence-corrected chi connectivity index (χ0v) is 13.9. The molecule has 116 valence electrons. The first kappa shape index (κ1) is 15.7. The van der Waals surface area contributed by atoms with Gasteiger partial charge < -0.3 is 9.30 Å². The maximum Gasteiger partial charge on any atom is 0.168 e. The van der Waals surface area contributed by atoms with Gasteiger partial charge in [-0.3, -0.25) is 0 Å². The summed E-state index contributed by atoms with van der Waals surface area (Å²) in [4.78, 5) is 4.58. The van der Waals surface area contributed by atoms with Crippen molar-refractivity contribution in [1.29, 1.82) is 0 Å². The second-order valence-corrected chi connectivity index (χ2v) is 6.82. The number of aromatic nitrogens is 2. The first-order chi connectivity index (χ1) is 10.7. The second kappa shape index (κ2) is 7.36. The molecule has 0 bridgehead atoms. The largest absolute Gasteiger partial charge is 0.376 e. The van der Waals surface area contributed by atoms with Crippen molar-refractivity contribution in [1.82, 2.24) is 9.55 Å². The molecule has 3 nitrogen and oxygen atoms in total. The summed E-state index contributed by atoms with van der Waals surface area (Å²) in [7, 11) is 0. The van der Waals surface area contributed by atoms with E-state index < -0.39 is 0 Å². The molecule has 2 heterocycles. The summed E-state index contributed by atoms with van der Waals surface area (Å²) in [6, 6.07) is 10.3. The van der Waals surface area contributed by atoms with Crippen LogP contribution in [-0.4, -0.2) is 28.0 Å². The smallest absolute Gasteiger partial charge is 0.168 e. The first-order valence-electron chi connectivity index (χ1n) is 7.42. The molecular formula is C17H19ClN2OS. The number of benzene rings is 1. The van der Waals surface area contributed by atoms with Gasteiger partial charge in [-0.2, -0.15) is 0 Å². The quantitative estimate of drug-likeness (QED) is 0.724. The summed E-state index contributed by atoms with van der Waals surface area (Å²) < 4.78 is 8.04.